The second-order valence-electron chi connectivity index (χ2n) is 10.2. The summed E-state index contributed by atoms with van der Waals surface area (Å²) >= 11 is 0. The number of nitrogens with zero attached hydrogens (tertiary/aromatic N) is 1. The van der Waals surface area contributed by atoms with Gasteiger partial charge in [-0.2, -0.15) is 0 Å². The molecule has 1 fully saturated rings. The van der Waals surface area contributed by atoms with Gasteiger partial charge in [-0.25, -0.2) is 13.1 Å². The molecule has 0 unspecified atom stereocenters. The lowest BCUT2D eigenvalue weighted by Crippen LogP contribution is -2.45. The third-order valence-electron chi connectivity index (χ3n) is 8.31. The molecule has 168 valence electrons. The zero-order chi connectivity index (χ0) is 22.8. The zero-order valence-electron chi connectivity index (χ0n) is 19.0. The SMILES string of the molecule is CC1(C)[C@@H]2CC[C@@]1(CS(=O)(=O)NCc1ccccc1)c1nc3c(ccc4ccccc43)cc12. The highest BCUT2D eigenvalue weighted by molar-refractivity contribution is 7.89. The Bertz CT molecular complexity index is 1490. The number of sulfonamides is 1. The van der Waals surface area contributed by atoms with E-state index in [0.29, 0.717) is 12.5 Å². The lowest BCUT2D eigenvalue weighted by Gasteiger charge is -2.37. The largest absolute Gasteiger partial charge is 0.251 e. The van der Waals surface area contributed by atoms with Gasteiger partial charge in [-0.1, -0.05) is 80.6 Å². The lowest BCUT2D eigenvalue weighted by atomic mass is 9.70. The van der Waals surface area contributed by atoms with Gasteiger partial charge in [0.2, 0.25) is 10.0 Å². The quantitative estimate of drug-likeness (QED) is 0.394. The molecule has 5 heteroatoms. The third-order valence-corrected chi connectivity index (χ3v) is 9.77. The molecule has 3 aromatic carbocycles. The van der Waals surface area contributed by atoms with Crippen LogP contribution in [-0.4, -0.2) is 19.2 Å². The van der Waals surface area contributed by atoms with Gasteiger partial charge in [0.1, 0.15) is 0 Å². The summed E-state index contributed by atoms with van der Waals surface area (Å²) in [6.07, 6.45) is 1.86. The van der Waals surface area contributed by atoms with Gasteiger partial charge in [0, 0.05) is 22.7 Å². The monoisotopic (exact) mass is 456 g/mol. The van der Waals surface area contributed by atoms with Crippen molar-refractivity contribution in [2.45, 2.75) is 44.6 Å². The Morgan fingerprint density at radius 1 is 0.970 bits per heavy atom. The molecule has 6 rings (SSSR count). The maximum absolute atomic E-state index is 13.4. The first-order valence-corrected chi connectivity index (χ1v) is 13.3. The predicted octanol–water partition coefficient (Wildman–Crippen LogP) is 5.66. The van der Waals surface area contributed by atoms with Crippen molar-refractivity contribution in [1.82, 2.24) is 9.71 Å². The molecular formula is C28H28N2O2S. The van der Waals surface area contributed by atoms with Crippen molar-refractivity contribution >= 4 is 31.7 Å². The number of hydrogen-bond acceptors (Lipinski definition) is 3. The van der Waals surface area contributed by atoms with Crippen molar-refractivity contribution in [3.05, 3.63) is 89.6 Å². The number of benzene rings is 3. The fraction of sp³-hybridized carbons (Fsp3) is 0.321. The van der Waals surface area contributed by atoms with E-state index in [1.54, 1.807) is 0 Å². The van der Waals surface area contributed by atoms with Crippen LogP contribution in [0.25, 0.3) is 21.7 Å². The van der Waals surface area contributed by atoms with Crippen molar-refractivity contribution in [3.63, 3.8) is 0 Å². The Labute approximate surface area is 195 Å². The van der Waals surface area contributed by atoms with E-state index < -0.39 is 15.4 Å². The van der Waals surface area contributed by atoms with Gasteiger partial charge in [0.05, 0.1) is 17.0 Å². The number of hydrogen-bond donors (Lipinski definition) is 1. The van der Waals surface area contributed by atoms with Gasteiger partial charge < -0.3 is 0 Å². The Kier molecular flexibility index (Phi) is 4.49. The number of pyridine rings is 1. The standard InChI is InChI=1S/C28H28N2O2S/c1-27(2)24-14-15-28(27,18-33(31,32)29-17-19-8-4-3-5-9-19)26-23(24)16-21-13-12-20-10-6-7-11-22(20)25(21)30-26/h3-13,16,24,29H,14-15,17-18H2,1-2H3/t24-,28-/m1/s1. The molecule has 0 amide bonds. The van der Waals surface area contributed by atoms with Crippen LogP contribution >= 0.6 is 0 Å². The van der Waals surface area contributed by atoms with Crippen LogP contribution in [0, 0.1) is 5.41 Å². The van der Waals surface area contributed by atoms with E-state index >= 15 is 0 Å². The van der Waals surface area contributed by atoms with Crippen molar-refractivity contribution in [2.75, 3.05) is 5.75 Å². The van der Waals surface area contributed by atoms with Crippen LogP contribution in [-0.2, 0) is 22.0 Å². The minimum Gasteiger partial charge on any atom is -0.251 e. The normalized spacial score (nSPS) is 23.3. The second kappa shape index (κ2) is 7.12. The van der Waals surface area contributed by atoms with Crippen LogP contribution in [0.3, 0.4) is 0 Å². The molecule has 0 spiro atoms. The fourth-order valence-corrected chi connectivity index (χ4v) is 8.23. The average molecular weight is 457 g/mol. The maximum Gasteiger partial charge on any atom is 0.212 e. The highest BCUT2D eigenvalue weighted by atomic mass is 32.2. The Hall–Kier alpha value is -2.76. The first-order chi connectivity index (χ1) is 15.8. The molecule has 0 radical (unpaired) electrons. The molecule has 33 heavy (non-hydrogen) atoms. The first kappa shape index (κ1) is 20.8. The van der Waals surface area contributed by atoms with E-state index in [1.165, 1.54) is 5.56 Å². The molecule has 1 N–H and O–H groups in total. The van der Waals surface area contributed by atoms with Crippen LogP contribution < -0.4 is 4.72 Å². The van der Waals surface area contributed by atoms with Gasteiger partial charge in [0.25, 0.3) is 0 Å². The van der Waals surface area contributed by atoms with Crippen LogP contribution in [0.4, 0.5) is 0 Å². The van der Waals surface area contributed by atoms with E-state index in [-0.39, 0.29) is 11.2 Å². The van der Waals surface area contributed by atoms with E-state index in [9.17, 15) is 8.42 Å². The molecule has 1 heterocycles. The Morgan fingerprint density at radius 3 is 2.52 bits per heavy atom. The minimum absolute atomic E-state index is 0.0760. The molecule has 1 aromatic heterocycles. The molecule has 0 aliphatic heterocycles. The third kappa shape index (κ3) is 3.06. The van der Waals surface area contributed by atoms with Crippen molar-refractivity contribution in [1.29, 1.82) is 0 Å². The van der Waals surface area contributed by atoms with Crippen LogP contribution in [0.15, 0.2) is 72.8 Å². The molecule has 2 bridgehead atoms. The molecule has 2 aliphatic carbocycles. The number of rotatable bonds is 5. The van der Waals surface area contributed by atoms with Gasteiger partial charge >= 0.3 is 0 Å². The number of fused-ring (bicyclic) bond motifs is 8. The van der Waals surface area contributed by atoms with Crippen molar-refractivity contribution < 1.29 is 8.42 Å². The van der Waals surface area contributed by atoms with Gasteiger partial charge in [-0.15, -0.1) is 0 Å². The topological polar surface area (TPSA) is 59.1 Å². The summed E-state index contributed by atoms with van der Waals surface area (Å²) in [7, 11) is -3.51. The smallest absolute Gasteiger partial charge is 0.212 e. The van der Waals surface area contributed by atoms with Crippen LogP contribution in [0.1, 0.15) is 49.4 Å². The summed E-state index contributed by atoms with van der Waals surface area (Å²) in [6, 6.07) is 24.6. The summed E-state index contributed by atoms with van der Waals surface area (Å²) < 4.78 is 29.6. The molecule has 2 aliphatic rings. The summed E-state index contributed by atoms with van der Waals surface area (Å²) in [6.45, 7) is 4.79. The van der Waals surface area contributed by atoms with E-state index in [2.05, 4.69) is 48.9 Å². The number of aromatic nitrogens is 1. The van der Waals surface area contributed by atoms with Crippen LogP contribution in [0.5, 0.6) is 0 Å². The average Bonchev–Trinajstić information content (AvgIpc) is 3.16. The molecule has 0 saturated heterocycles. The molecular weight excluding hydrogens is 428 g/mol. The first-order valence-electron chi connectivity index (χ1n) is 11.6. The summed E-state index contributed by atoms with van der Waals surface area (Å²) in [5.41, 5.74) is 3.52. The second-order valence-corrected chi connectivity index (χ2v) is 12.1. The summed E-state index contributed by atoms with van der Waals surface area (Å²) in [5.74, 6) is 0.410. The fourth-order valence-electron chi connectivity index (χ4n) is 6.44. The highest BCUT2D eigenvalue weighted by Gasteiger charge is 2.64. The number of nitrogens with one attached hydrogen (secondary N) is 1. The molecule has 4 nitrogen and oxygen atoms in total. The Balaban J connectivity index is 1.45. The Morgan fingerprint density at radius 2 is 1.70 bits per heavy atom. The molecule has 2 atom stereocenters. The summed E-state index contributed by atoms with van der Waals surface area (Å²) in [5, 5.41) is 3.42. The molecule has 4 aromatic rings. The van der Waals surface area contributed by atoms with Crippen molar-refractivity contribution in [2.24, 2.45) is 5.41 Å². The summed E-state index contributed by atoms with van der Waals surface area (Å²) in [4.78, 5) is 5.24. The van der Waals surface area contributed by atoms with Crippen molar-refractivity contribution in [3.8, 4) is 0 Å². The van der Waals surface area contributed by atoms with Gasteiger partial charge in [-0.3, -0.25) is 4.98 Å². The maximum atomic E-state index is 13.4. The molecule has 1 saturated carbocycles. The highest BCUT2D eigenvalue weighted by Crippen LogP contribution is 2.68. The lowest BCUT2D eigenvalue weighted by molar-refractivity contribution is 0.229. The van der Waals surface area contributed by atoms with E-state index in [0.717, 1.165) is 45.8 Å². The predicted molar refractivity (Wildman–Crippen MR) is 134 cm³/mol. The van der Waals surface area contributed by atoms with Gasteiger partial charge in [0.15, 0.2) is 0 Å². The van der Waals surface area contributed by atoms with Crippen LogP contribution in [0.2, 0.25) is 0 Å². The van der Waals surface area contributed by atoms with Gasteiger partial charge in [-0.05, 0) is 46.8 Å². The van der Waals surface area contributed by atoms with E-state index in [1.807, 2.05) is 42.5 Å². The van der Waals surface area contributed by atoms with E-state index in [4.69, 9.17) is 4.98 Å². The minimum atomic E-state index is -3.51. The zero-order valence-corrected chi connectivity index (χ0v) is 19.8.